The zero-order valence-corrected chi connectivity index (χ0v) is 12.1. The second kappa shape index (κ2) is 7.87. The van der Waals surface area contributed by atoms with E-state index in [0.29, 0.717) is 31.8 Å². The van der Waals surface area contributed by atoms with Gasteiger partial charge in [0.25, 0.3) is 0 Å². The van der Waals surface area contributed by atoms with Crippen LogP contribution in [0, 0.1) is 0 Å². The van der Waals surface area contributed by atoms with Gasteiger partial charge in [-0.1, -0.05) is 12.1 Å². The highest BCUT2D eigenvalue weighted by Gasteiger charge is 2.29. The molecule has 0 aliphatic carbocycles. The molecule has 20 heavy (non-hydrogen) atoms. The predicted octanol–water partition coefficient (Wildman–Crippen LogP) is 1.27. The molecule has 1 aromatic carbocycles. The molecule has 5 heteroatoms. The molecule has 0 bridgehead atoms. The number of esters is 1. The molecule has 5 nitrogen and oxygen atoms in total. The summed E-state index contributed by atoms with van der Waals surface area (Å²) in [6, 6.07) is 7.48. The molecule has 0 aliphatic heterocycles. The van der Waals surface area contributed by atoms with Gasteiger partial charge in [0.05, 0.1) is 13.2 Å². The Morgan fingerprint density at radius 3 is 2.55 bits per heavy atom. The fourth-order valence-electron chi connectivity index (χ4n) is 1.66. The zero-order valence-electron chi connectivity index (χ0n) is 12.1. The lowest BCUT2D eigenvalue weighted by Gasteiger charge is -2.22. The van der Waals surface area contributed by atoms with Gasteiger partial charge in [-0.3, -0.25) is 4.79 Å². The molecular weight excluding hydrogens is 258 g/mol. The number of benzene rings is 1. The molecule has 1 rings (SSSR count). The molecule has 0 saturated carbocycles. The Morgan fingerprint density at radius 2 is 2.00 bits per heavy atom. The number of aliphatic hydroxyl groups excluding tert-OH is 1. The monoisotopic (exact) mass is 281 g/mol. The Bertz CT molecular complexity index is 414. The average molecular weight is 281 g/mol. The maximum Gasteiger partial charge on any atom is 0.325 e. The topological polar surface area (TPSA) is 81.8 Å². The molecule has 0 fully saturated rings. The standard InChI is InChI=1S/C15H23NO4/c1-3-19-14(18)15(2,16)9-11-20-13-6-4-12(5-7-13)8-10-17/h4-7,17H,3,8-11,16H2,1-2H3. The van der Waals surface area contributed by atoms with E-state index in [9.17, 15) is 4.79 Å². The van der Waals surface area contributed by atoms with E-state index in [1.807, 2.05) is 24.3 Å². The average Bonchev–Trinajstić information content (AvgIpc) is 2.41. The van der Waals surface area contributed by atoms with Gasteiger partial charge in [-0.05, 0) is 38.0 Å². The van der Waals surface area contributed by atoms with Crippen LogP contribution >= 0.6 is 0 Å². The van der Waals surface area contributed by atoms with Crippen molar-refractivity contribution in [1.29, 1.82) is 0 Å². The van der Waals surface area contributed by atoms with Crippen LogP contribution in [-0.2, 0) is 16.0 Å². The zero-order chi connectivity index (χ0) is 15.0. The second-order valence-corrected chi connectivity index (χ2v) is 4.85. The fraction of sp³-hybridized carbons (Fsp3) is 0.533. The highest BCUT2D eigenvalue weighted by molar-refractivity contribution is 5.79. The molecule has 1 unspecified atom stereocenters. The highest BCUT2D eigenvalue weighted by atomic mass is 16.5. The summed E-state index contributed by atoms with van der Waals surface area (Å²) in [4.78, 5) is 11.6. The van der Waals surface area contributed by atoms with Crippen molar-refractivity contribution in [3.63, 3.8) is 0 Å². The summed E-state index contributed by atoms with van der Waals surface area (Å²) in [5.41, 5.74) is 5.91. The van der Waals surface area contributed by atoms with E-state index in [-0.39, 0.29) is 6.61 Å². The van der Waals surface area contributed by atoms with Crippen LogP contribution in [0.15, 0.2) is 24.3 Å². The van der Waals surface area contributed by atoms with Gasteiger partial charge in [0, 0.05) is 13.0 Å². The van der Waals surface area contributed by atoms with Crippen molar-refractivity contribution in [2.75, 3.05) is 19.8 Å². The Labute approximate surface area is 119 Å². The smallest absolute Gasteiger partial charge is 0.325 e. The molecule has 0 radical (unpaired) electrons. The number of ether oxygens (including phenoxy) is 2. The van der Waals surface area contributed by atoms with Gasteiger partial charge < -0.3 is 20.3 Å². The van der Waals surface area contributed by atoms with Crippen molar-refractivity contribution in [1.82, 2.24) is 0 Å². The van der Waals surface area contributed by atoms with E-state index in [2.05, 4.69) is 0 Å². The number of rotatable bonds is 8. The first-order valence-corrected chi connectivity index (χ1v) is 6.78. The van der Waals surface area contributed by atoms with Gasteiger partial charge in [0.2, 0.25) is 0 Å². The first kappa shape index (κ1) is 16.5. The normalized spacial score (nSPS) is 13.6. The van der Waals surface area contributed by atoms with E-state index in [0.717, 1.165) is 5.56 Å². The third-order valence-electron chi connectivity index (χ3n) is 2.96. The van der Waals surface area contributed by atoms with Gasteiger partial charge in [0.1, 0.15) is 11.3 Å². The molecule has 0 amide bonds. The molecule has 1 atom stereocenters. The molecule has 3 N–H and O–H groups in total. The van der Waals surface area contributed by atoms with Gasteiger partial charge >= 0.3 is 5.97 Å². The molecule has 0 aliphatic rings. The number of carbonyl (C=O) groups is 1. The van der Waals surface area contributed by atoms with Crippen molar-refractivity contribution in [3.05, 3.63) is 29.8 Å². The number of carbonyl (C=O) groups excluding carboxylic acids is 1. The molecule has 0 heterocycles. The number of hydrogen-bond donors (Lipinski definition) is 2. The summed E-state index contributed by atoms with van der Waals surface area (Å²) in [6.45, 7) is 4.17. The van der Waals surface area contributed by atoms with Crippen molar-refractivity contribution in [2.45, 2.75) is 32.2 Å². The van der Waals surface area contributed by atoms with E-state index >= 15 is 0 Å². The summed E-state index contributed by atoms with van der Waals surface area (Å²) >= 11 is 0. The van der Waals surface area contributed by atoms with Gasteiger partial charge in [-0.15, -0.1) is 0 Å². The Hall–Kier alpha value is -1.59. The minimum atomic E-state index is -1.03. The first-order chi connectivity index (χ1) is 9.49. The Morgan fingerprint density at radius 1 is 1.35 bits per heavy atom. The van der Waals surface area contributed by atoms with Crippen LogP contribution in [0.5, 0.6) is 5.75 Å². The van der Waals surface area contributed by atoms with Crippen LogP contribution in [-0.4, -0.2) is 36.4 Å². The molecule has 112 valence electrons. The van der Waals surface area contributed by atoms with Crippen LogP contribution in [0.1, 0.15) is 25.8 Å². The molecule has 0 spiro atoms. The van der Waals surface area contributed by atoms with Crippen LogP contribution in [0.2, 0.25) is 0 Å². The van der Waals surface area contributed by atoms with Gasteiger partial charge in [-0.2, -0.15) is 0 Å². The summed E-state index contributed by atoms with van der Waals surface area (Å²) in [6.07, 6.45) is 1.01. The molecule has 0 aromatic heterocycles. The highest BCUT2D eigenvalue weighted by Crippen LogP contribution is 2.15. The van der Waals surface area contributed by atoms with Gasteiger partial charge in [0.15, 0.2) is 0 Å². The summed E-state index contributed by atoms with van der Waals surface area (Å²) < 4.78 is 10.5. The fourth-order valence-corrected chi connectivity index (χ4v) is 1.66. The first-order valence-electron chi connectivity index (χ1n) is 6.78. The molecule has 1 aromatic rings. The summed E-state index contributed by atoms with van der Waals surface area (Å²) in [5, 5.41) is 8.83. The van der Waals surface area contributed by atoms with E-state index in [1.54, 1.807) is 13.8 Å². The SMILES string of the molecule is CCOC(=O)C(C)(N)CCOc1ccc(CCO)cc1. The third kappa shape index (κ3) is 5.19. The maximum absolute atomic E-state index is 11.6. The number of nitrogens with two attached hydrogens (primary N) is 1. The predicted molar refractivity (Wildman–Crippen MR) is 76.6 cm³/mol. The number of aliphatic hydroxyl groups is 1. The van der Waals surface area contributed by atoms with Crippen LogP contribution in [0.25, 0.3) is 0 Å². The summed E-state index contributed by atoms with van der Waals surface area (Å²) in [7, 11) is 0. The lowest BCUT2D eigenvalue weighted by atomic mass is 10.0. The van der Waals surface area contributed by atoms with Crippen molar-refractivity contribution >= 4 is 5.97 Å². The maximum atomic E-state index is 11.6. The minimum absolute atomic E-state index is 0.130. The minimum Gasteiger partial charge on any atom is -0.494 e. The lowest BCUT2D eigenvalue weighted by Crippen LogP contribution is -2.47. The van der Waals surface area contributed by atoms with Crippen LogP contribution in [0.4, 0.5) is 0 Å². The van der Waals surface area contributed by atoms with E-state index < -0.39 is 11.5 Å². The third-order valence-corrected chi connectivity index (χ3v) is 2.96. The quantitative estimate of drug-likeness (QED) is 0.701. The van der Waals surface area contributed by atoms with Crippen molar-refractivity contribution < 1.29 is 19.4 Å². The largest absolute Gasteiger partial charge is 0.494 e. The molecular formula is C15H23NO4. The Balaban J connectivity index is 2.41. The number of hydrogen-bond acceptors (Lipinski definition) is 5. The van der Waals surface area contributed by atoms with Crippen molar-refractivity contribution in [3.8, 4) is 5.75 Å². The van der Waals surface area contributed by atoms with Gasteiger partial charge in [-0.25, -0.2) is 0 Å². The molecule has 0 saturated heterocycles. The van der Waals surface area contributed by atoms with E-state index in [1.165, 1.54) is 0 Å². The second-order valence-electron chi connectivity index (χ2n) is 4.85. The Kier molecular flexibility index (Phi) is 6.48. The van der Waals surface area contributed by atoms with Crippen LogP contribution in [0.3, 0.4) is 0 Å². The summed E-state index contributed by atoms with van der Waals surface area (Å²) in [5.74, 6) is 0.299. The van der Waals surface area contributed by atoms with E-state index in [4.69, 9.17) is 20.3 Å². The lowest BCUT2D eigenvalue weighted by molar-refractivity contribution is -0.149. The van der Waals surface area contributed by atoms with Crippen molar-refractivity contribution in [2.24, 2.45) is 5.73 Å². The van der Waals surface area contributed by atoms with Crippen LogP contribution < -0.4 is 10.5 Å².